The summed E-state index contributed by atoms with van der Waals surface area (Å²) in [6.07, 6.45) is 0.137. The highest BCUT2D eigenvalue weighted by Gasteiger charge is 2.48. The van der Waals surface area contributed by atoms with E-state index in [1.807, 2.05) is 13.8 Å². The Kier molecular flexibility index (Phi) is 3.41. The number of carbonyl (C=O) groups excluding carboxylic acids is 1. The van der Waals surface area contributed by atoms with Gasteiger partial charge in [0.05, 0.1) is 18.8 Å². The lowest BCUT2D eigenvalue weighted by Gasteiger charge is -2.49. The number of benzene rings is 1. The molecule has 0 aromatic heterocycles. The summed E-state index contributed by atoms with van der Waals surface area (Å²) in [6, 6.07) is 4.45. The van der Waals surface area contributed by atoms with Gasteiger partial charge in [-0.1, -0.05) is 13.8 Å². The molecule has 3 N–H and O–H groups in total. The van der Waals surface area contributed by atoms with Crippen LogP contribution < -0.4 is 10.1 Å². The number of hydrogen-bond acceptors (Lipinski definition) is 4. The molecular formula is C14H19NO4. The summed E-state index contributed by atoms with van der Waals surface area (Å²) in [5.41, 5.74) is -0.129. The molecule has 1 aromatic carbocycles. The van der Waals surface area contributed by atoms with Crippen LogP contribution in [0, 0.1) is 5.41 Å². The first kappa shape index (κ1) is 13.7. The molecule has 0 radical (unpaired) electrons. The van der Waals surface area contributed by atoms with Gasteiger partial charge < -0.3 is 20.3 Å². The van der Waals surface area contributed by atoms with Gasteiger partial charge in [0.25, 0.3) is 5.91 Å². The van der Waals surface area contributed by atoms with E-state index in [0.29, 0.717) is 12.2 Å². The number of hydrogen-bond donors (Lipinski definition) is 3. The summed E-state index contributed by atoms with van der Waals surface area (Å²) in [5, 5.41) is 22.3. The molecule has 1 amide bonds. The maximum absolute atomic E-state index is 12.1. The maximum Gasteiger partial charge on any atom is 0.255 e. The zero-order valence-electron chi connectivity index (χ0n) is 11.3. The molecule has 1 fully saturated rings. The van der Waals surface area contributed by atoms with Crippen LogP contribution in [0.1, 0.15) is 30.6 Å². The van der Waals surface area contributed by atoms with Crippen molar-refractivity contribution in [3.05, 3.63) is 23.8 Å². The van der Waals surface area contributed by atoms with Crippen molar-refractivity contribution in [1.82, 2.24) is 5.32 Å². The number of phenolic OH excluding ortho intramolecular Hbond substituents is 1. The molecule has 2 unspecified atom stereocenters. The van der Waals surface area contributed by atoms with E-state index in [1.54, 1.807) is 6.07 Å². The largest absolute Gasteiger partial charge is 0.507 e. The lowest BCUT2D eigenvalue weighted by atomic mass is 9.64. The molecule has 2 rings (SSSR count). The third kappa shape index (κ3) is 2.38. The van der Waals surface area contributed by atoms with Crippen LogP contribution in [0.25, 0.3) is 0 Å². The average molecular weight is 265 g/mol. The summed E-state index contributed by atoms with van der Waals surface area (Å²) in [7, 11) is 1.49. The first-order chi connectivity index (χ1) is 8.86. The molecule has 5 heteroatoms. The molecule has 1 aromatic rings. The molecule has 1 aliphatic carbocycles. The van der Waals surface area contributed by atoms with Crippen LogP contribution in [0.15, 0.2) is 18.2 Å². The van der Waals surface area contributed by atoms with Crippen LogP contribution in [0.2, 0.25) is 0 Å². The highest BCUT2D eigenvalue weighted by Crippen LogP contribution is 2.40. The van der Waals surface area contributed by atoms with Crippen LogP contribution in [-0.2, 0) is 0 Å². The number of nitrogens with one attached hydrogen (secondary N) is 1. The lowest BCUT2D eigenvalue weighted by Crippen LogP contribution is -2.61. The molecule has 0 saturated heterocycles. The summed E-state index contributed by atoms with van der Waals surface area (Å²) >= 11 is 0. The SMILES string of the molecule is COc1ccc(C(=O)NC2CC(O)C2(C)C)c(O)c1. The Morgan fingerprint density at radius 3 is 2.63 bits per heavy atom. The Labute approximate surface area is 112 Å². The number of phenols is 1. The van der Waals surface area contributed by atoms with Crippen LogP contribution in [-0.4, -0.2) is 35.4 Å². The zero-order valence-corrected chi connectivity index (χ0v) is 11.3. The second-order valence-corrected chi connectivity index (χ2v) is 5.48. The Morgan fingerprint density at radius 2 is 2.16 bits per heavy atom. The summed E-state index contributed by atoms with van der Waals surface area (Å²) in [6.45, 7) is 3.81. The van der Waals surface area contributed by atoms with Crippen molar-refractivity contribution in [3.8, 4) is 11.5 Å². The minimum atomic E-state index is -0.401. The topological polar surface area (TPSA) is 78.8 Å². The van der Waals surface area contributed by atoms with Gasteiger partial charge in [0, 0.05) is 17.5 Å². The minimum Gasteiger partial charge on any atom is -0.507 e. The summed E-state index contributed by atoms with van der Waals surface area (Å²) in [5.74, 6) is 0.0353. The number of methoxy groups -OCH3 is 1. The van der Waals surface area contributed by atoms with E-state index < -0.39 is 6.10 Å². The van der Waals surface area contributed by atoms with Crippen LogP contribution in [0.3, 0.4) is 0 Å². The number of aromatic hydroxyl groups is 1. The molecule has 0 aliphatic heterocycles. The minimum absolute atomic E-state index is 0.0866. The molecule has 104 valence electrons. The Balaban J connectivity index is 2.09. The van der Waals surface area contributed by atoms with Crippen LogP contribution in [0.4, 0.5) is 0 Å². The number of amides is 1. The molecule has 1 saturated carbocycles. The van der Waals surface area contributed by atoms with Gasteiger partial charge in [-0.25, -0.2) is 0 Å². The fourth-order valence-corrected chi connectivity index (χ4v) is 2.21. The number of ether oxygens (including phenoxy) is 1. The van der Waals surface area contributed by atoms with Gasteiger partial charge in [-0.15, -0.1) is 0 Å². The van der Waals surface area contributed by atoms with Crippen molar-refractivity contribution in [2.75, 3.05) is 7.11 Å². The van der Waals surface area contributed by atoms with Gasteiger partial charge >= 0.3 is 0 Å². The second kappa shape index (κ2) is 4.74. The fraction of sp³-hybridized carbons (Fsp3) is 0.500. The second-order valence-electron chi connectivity index (χ2n) is 5.48. The molecule has 0 heterocycles. The highest BCUT2D eigenvalue weighted by atomic mass is 16.5. The molecule has 5 nitrogen and oxygen atoms in total. The highest BCUT2D eigenvalue weighted by molar-refractivity contribution is 5.97. The van der Waals surface area contributed by atoms with Crippen molar-refractivity contribution in [1.29, 1.82) is 0 Å². The van der Waals surface area contributed by atoms with Gasteiger partial charge in [-0.05, 0) is 18.6 Å². The number of aliphatic hydroxyl groups is 1. The lowest BCUT2D eigenvalue weighted by molar-refractivity contribution is -0.0689. The average Bonchev–Trinajstić information content (AvgIpc) is 2.37. The standard InChI is InChI=1S/C14H19NO4/c1-14(2)11(7-12(14)17)15-13(18)9-5-4-8(19-3)6-10(9)16/h4-6,11-12,16-17H,7H2,1-3H3,(H,15,18). The Bertz CT molecular complexity index is 498. The van der Waals surface area contributed by atoms with E-state index in [4.69, 9.17) is 4.74 Å². The molecule has 0 bridgehead atoms. The zero-order chi connectivity index (χ0) is 14.2. The van der Waals surface area contributed by atoms with Crippen molar-refractivity contribution in [2.45, 2.75) is 32.4 Å². The molecule has 2 atom stereocenters. The van der Waals surface area contributed by atoms with E-state index in [0.717, 1.165) is 0 Å². The predicted molar refractivity (Wildman–Crippen MR) is 70.3 cm³/mol. The Hall–Kier alpha value is -1.75. The number of carbonyl (C=O) groups is 1. The normalized spacial score (nSPS) is 24.4. The quantitative estimate of drug-likeness (QED) is 0.769. The van der Waals surface area contributed by atoms with E-state index in [-0.39, 0.29) is 28.7 Å². The predicted octanol–water partition coefficient (Wildman–Crippen LogP) is 1.29. The first-order valence-corrected chi connectivity index (χ1v) is 6.22. The van der Waals surface area contributed by atoms with Crippen LogP contribution in [0.5, 0.6) is 11.5 Å². The third-order valence-electron chi connectivity index (χ3n) is 3.97. The molecule has 1 aliphatic rings. The Morgan fingerprint density at radius 1 is 1.47 bits per heavy atom. The van der Waals surface area contributed by atoms with E-state index in [2.05, 4.69) is 5.32 Å². The van der Waals surface area contributed by atoms with Crippen LogP contribution >= 0.6 is 0 Å². The summed E-state index contributed by atoms with van der Waals surface area (Å²) < 4.78 is 4.97. The monoisotopic (exact) mass is 265 g/mol. The van der Waals surface area contributed by atoms with E-state index in [9.17, 15) is 15.0 Å². The van der Waals surface area contributed by atoms with Gasteiger partial charge in [0.2, 0.25) is 0 Å². The molecule has 0 spiro atoms. The van der Waals surface area contributed by atoms with Crippen molar-refractivity contribution >= 4 is 5.91 Å². The summed E-state index contributed by atoms with van der Waals surface area (Å²) in [4.78, 5) is 12.1. The third-order valence-corrected chi connectivity index (χ3v) is 3.97. The van der Waals surface area contributed by atoms with E-state index >= 15 is 0 Å². The molecule has 19 heavy (non-hydrogen) atoms. The van der Waals surface area contributed by atoms with Crippen molar-refractivity contribution in [3.63, 3.8) is 0 Å². The molecular weight excluding hydrogens is 246 g/mol. The van der Waals surface area contributed by atoms with Crippen molar-refractivity contribution in [2.24, 2.45) is 5.41 Å². The first-order valence-electron chi connectivity index (χ1n) is 6.22. The van der Waals surface area contributed by atoms with Gasteiger partial charge in [-0.2, -0.15) is 0 Å². The van der Waals surface area contributed by atoms with Gasteiger partial charge in [0.1, 0.15) is 11.5 Å². The number of aliphatic hydroxyl groups excluding tert-OH is 1. The van der Waals surface area contributed by atoms with Gasteiger partial charge in [0.15, 0.2) is 0 Å². The fourth-order valence-electron chi connectivity index (χ4n) is 2.21. The van der Waals surface area contributed by atoms with E-state index in [1.165, 1.54) is 19.2 Å². The maximum atomic E-state index is 12.1. The van der Waals surface area contributed by atoms with Crippen molar-refractivity contribution < 1.29 is 19.7 Å². The smallest absolute Gasteiger partial charge is 0.255 e. The van der Waals surface area contributed by atoms with Gasteiger partial charge in [-0.3, -0.25) is 4.79 Å². The number of rotatable bonds is 3.